The lowest BCUT2D eigenvalue weighted by atomic mass is 9.99. The summed E-state index contributed by atoms with van der Waals surface area (Å²) in [5, 5.41) is 18.5. The van der Waals surface area contributed by atoms with Gasteiger partial charge in [-0.2, -0.15) is 5.26 Å². The van der Waals surface area contributed by atoms with Crippen molar-refractivity contribution in [3.8, 4) is 17.6 Å². The van der Waals surface area contributed by atoms with Gasteiger partial charge in [0.25, 0.3) is 0 Å². The molecule has 0 bridgehead atoms. The van der Waals surface area contributed by atoms with Crippen LogP contribution in [0.5, 0.6) is 11.5 Å². The highest BCUT2D eigenvalue weighted by molar-refractivity contribution is 6.10. The van der Waals surface area contributed by atoms with Crippen LogP contribution in [-0.4, -0.2) is 18.0 Å². The number of carbonyl (C=O) groups is 1. The monoisotopic (exact) mass is 253 g/mol. The SMILES string of the molecule is COc1cc(C(=O)c2ccccc2C#N)ccc1O. The van der Waals surface area contributed by atoms with Gasteiger partial charge in [-0.3, -0.25) is 4.79 Å². The third-order valence-electron chi connectivity index (χ3n) is 2.73. The van der Waals surface area contributed by atoms with Crippen LogP contribution in [0.25, 0.3) is 0 Å². The van der Waals surface area contributed by atoms with E-state index >= 15 is 0 Å². The molecule has 0 spiro atoms. The molecule has 0 atom stereocenters. The number of methoxy groups -OCH3 is 1. The van der Waals surface area contributed by atoms with Gasteiger partial charge in [0.15, 0.2) is 17.3 Å². The van der Waals surface area contributed by atoms with Crippen molar-refractivity contribution < 1.29 is 14.6 Å². The third kappa shape index (κ3) is 2.40. The average Bonchev–Trinajstić information content (AvgIpc) is 2.47. The topological polar surface area (TPSA) is 70.3 Å². The van der Waals surface area contributed by atoms with Crippen LogP contribution < -0.4 is 4.74 Å². The van der Waals surface area contributed by atoms with Crippen molar-refractivity contribution in [2.45, 2.75) is 0 Å². The smallest absolute Gasteiger partial charge is 0.194 e. The van der Waals surface area contributed by atoms with Crippen molar-refractivity contribution in [1.29, 1.82) is 5.26 Å². The zero-order valence-corrected chi connectivity index (χ0v) is 10.3. The van der Waals surface area contributed by atoms with Crippen LogP contribution in [0, 0.1) is 11.3 Å². The summed E-state index contributed by atoms with van der Waals surface area (Å²) in [6, 6.07) is 12.9. The molecule has 0 radical (unpaired) electrons. The fourth-order valence-corrected chi connectivity index (χ4v) is 1.75. The number of hydrogen-bond acceptors (Lipinski definition) is 4. The number of rotatable bonds is 3. The predicted octanol–water partition coefficient (Wildman–Crippen LogP) is 2.50. The molecule has 2 aromatic rings. The maximum Gasteiger partial charge on any atom is 0.194 e. The van der Waals surface area contributed by atoms with Crippen LogP contribution in [0.4, 0.5) is 0 Å². The summed E-state index contributed by atoms with van der Waals surface area (Å²) in [6.45, 7) is 0. The maximum absolute atomic E-state index is 12.3. The van der Waals surface area contributed by atoms with E-state index in [1.807, 2.05) is 6.07 Å². The molecule has 0 unspecified atom stereocenters. The molecular formula is C15H11NO3. The van der Waals surface area contributed by atoms with Crippen LogP contribution in [0.1, 0.15) is 21.5 Å². The van der Waals surface area contributed by atoms with E-state index in [1.165, 1.54) is 25.3 Å². The van der Waals surface area contributed by atoms with Gasteiger partial charge in [0.05, 0.1) is 18.7 Å². The fraction of sp³-hybridized carbons (Fsp3) is 0.0667. The van der Waals surface area contributed by atoms with Crippen LogP contribution in [0.3, 0.4) is 0 Å². The normalized spacial score (nSPS) is 9.68. The maximum atomic E-state index is 12.3. The van der Waals surface area contributed by atoms with E-state index in [4.69, 9.17) is 10.00 Å². The van der Waals surface area contributed by atoms with Gasteiger partial charge in [-0.25, -0.2) is 0 Å². The predicted molar refractivity (Wildman–Crippen MR) is 69.2 cm³/mol. The first kappa shape index (κ1) is 12.7. The van der Waals surface area contributed by atoms with Gasteiger partial charge < -0.3 is 9.84 Å². The zero-order valence-electron chi connectivity index (χ0n) is 10.3. The molecule has 0 aliphatic rings. The van der Waals surface area contributed by atoms with Crippen LogP contribution >= 0.6 is 0 Å². The van der Waals surface area contributed by atoms with Gasteiger partial charge in [-0.05, 0) is 30.3 Å². The fourth-order valence-electron chi connectivity index (χ4n) is 1.75. The van der Waals surface area contributed by atoms with Gasteiger partial charge in [0.2, 0.25) is 0 Å². The summed E-state index contributed by atoms with van der Waals surface area (Å²) < 4.78 is 4.96. The van der Waals surface area contributed by atoms with E-state index in [1.54, 1.807) is 24.3 Å². The van der Waals surface area contributed by atoms with Crippen LogP contribution in [0.15, 0.2) is 42.5 Å². The molecular weight excluding hydrogens is 242 g/mol. The van der Waals surface area contributed by atoms with E-state index in [2.05, 4.69) is 0 Å². The molecule has 0 heterocycles. The second kappa shape index (κ2) is 5.23. The summed E-state index contributed by atoms with van der Waals surface area (Å²) in [5.74, 6) is -0.0941. The number of ketones is 1. The number of phenolic OH excluding ortho intramolecular Hbond substituents is 1. The summed E-state index contributed by atoms with van der Waals surface area (Å²) in [6.07, 6.45) is 0. The number of aromatic hydroxyl groups is 1. The third-order valence-corrected chi connectivity index (χ3v) is 2.73. The zero-order chi connectivity index (χ0) is 13.8. The van der Waals surface area contributed by atoms with Gasteiger partial charge in [-0.1, -0.05) is 12.1 Å². The Morgan fingerprint density at radius 2 is 2.00 bits per heavy atom. The van der Waals surface area contributed by atoms with Crippen molar-refractivity contribution in [1.82, 2.24) is 0 Å². The highest BCUT2D eigenvalue weighted by Gasteiger charge is 2.15. The Kier molecular flexibility index (Phi) is 3.48. The lowest BCUT2D eigenvalue weighted by Crippen LogP contribution is -2.04. The second-order valence-corrected chi connectivity index (χ2v) is 3.87. The van der Waals surface area contributed by atoms with E-state index in [9.17, 15) is 9.90 Å². The summed E-state index contributed by atoms with van der Waals surface area (Å²) in [5.41, 5.74) is 1.01. The Morgan fingerprint density at radius 3 is 2.68 bits per heavy atom. The Bertz CT molecular complexity index is 671. The Morgan fingerprint density at radius 1 is 1.26 bits per heavy atom. The quantitative estimate of drug-likeness (QED) is 0.853. The number of phenols is 1. The van der Waals surface area contributed by atoms with E-state index in [-0.39, 0.29) is 17.3 Å². The molecule has 0 aliphatic heterocycles. The number of ether oxygens (including phenoxy) is 1. The molecule has 0 saturated carbocycles. The molecule has 94 valence electrons. The minimum absolute atomic E-state index is 0.0346. The molecule has 0 aromatic heterocycles. The molecule has 2 rings (SSSR count). The summed E-state index contributed by atoms with van der Waals surface area (Å²) in [7, 11) is 1.41. The van der Waals surface area contributed by atoms with Gasteiger partial charge >= 0.3 is 0 Å². The Hall–Kier alpha value is -2.80. The molecule has 0 amide bonds. The first-order valence-corrected chi connectivity index (χ1v) is 5.58. The summed E-state index contributed by atoms with van der Waals surface area (Å²) in [4.78, 5) is 12.3. The van der Waals surface area contributed by atoms with E-state index in [0.29, 0.717) is 16.7 Å². The van der Waals surface area contributed by atoms with Crippen molar-refractivity contribution in [2.75, 3.05) is 7.11 Å². The van der Waals surface area contributed by atoms with Crippen molar-refractivity contribution in [2.24, 2.45) is 0 Å². The van der Waals surface area contributed by atoms with Gasteiger partial charge in [0.1, 0.15) is 0 Å². The van der Waals surface area contributed by atoms with Crippen molar-refractivity contribution in [3.63, 3.8) is 0 Å². The molecule has 4 nitrogen and oxygen atoms in total. The molecule has 0 fully saturated rings. The molecule has 1 N–H and O–H groups in total. The molecule has 4 heteroatoms. The molecule has 0 saturated heterocycles. The minimum atomic E-state index is -0.282. The average molecular weight is 253 g/mol. The highest BCUT2D eigenvalue weighted by Crippen LogP contribution is 2.27. The number of hydrogen-bond donors (Lipinski definition) is 1. The van der Waals surface area contributed by atoms with Gasteiger partial charge in [-0.15, -0.1) is 0 Å². The number of carbonyl (C=O) groups excluding carboxylic acids is 1. The van der Waals surface area contributed by atoms with Crippen LogP contribution in [-0.2, 0) is 0 Å². The number of nitrogens with zero attached hydrogens (tertiary/aromatic N) is 1. The number of benzene rings is 2. The Balaban J connectivity index is 2.48. The van der Waals surface area contributed by atoms with Crippen LogP contribution in [0.2, 0.25) is 0 Å². The standard InChI is InChI=1S/C15H11NO3/c1-19-14-8-10(6-7-13(14)17)15(18)12-5-3-2-4-11(12)9-16/h2-8,17H,1H3. The lowest BCUT2D eigenvalue weighted by molar-refractivity contribution is 0.103. The van der Waals surface area contributed by atoms with Crippen molar-refractivity contribution in [3.05, 3.63) is 59.2 Å². The van der Waals surface area contributed by atoms with E-state index in [0.717, 1.165) is 0 Å². The minimum Gasteiger partial charge on any atom is -0.504 e. The lowest BCUT2D eigenvalue weighted by Gasteiger charge is -2.07. The molecule has 2 aromatic carbocycles. The Labute approximate surface area is 110 Å². The molecule has 19 heavy (non-hydrogen) atoms. The van der Waals surface area contributed by atoms with Gasteiger partial charge in [0, 0.05) is 11.1 Å². The van der Waals surface area contributed by atoms with E-state index < -0.39 is 0 Å². The summed E-state index contributed by atoms with van der Waals surface area (Å²) >= 11 is 0. The van der Waals surface area contributed by atoms with Crippen molar-refractivity contribution >= 4 is 5.78 Å². The largest absolute Gasteiger partial charge is 0.504 e. The highest BCUT2D eigenvalue weighted by atomic mass is 16.5. The second-order valence-electron chi connectivity index (χ2n) is 3.87. The molecule has 0 aliphatic carbocycles. The first-order valence-electron chi connectivity index (χ1n) is 5.58. The first-order chi connectivity index (χ1) is 9.17. The number of nitriles is 1.